The van der Waals surface area contributed by atoms with Gasteiger partial charge in [-0.1, -0.05) is 23.7 Å². The predicted molar refractivity (Wildman–Crippen MR) is 103 cm³/mol. The molecular formula is C17H18ClN5O3S. The molecule has 4 rings (SSSR count). The molecule has 142 valence electrons. The van der Waals surface area contributed by atoms with E-state index in [1.54, 1.807) is 24.6 Å². The molecule has 0 fully saturated rings. The van der Waals surface area contributed by atoms with Crippen LogP contribution in [0.25, 0.3) is 16.7 Å². The summed E-state index contributed by atoms with van der Waals surface area (Å²) in [7, 11) is -2.17. The number of aromatic nitrogens is 4. The number of H-pyrrole nitrogens is 1. The summed E-state index contributed by atoms with van der Waals surface area (Å²) in [6.07, 6.45) is 2.18. The first-order chi connectivity index (χ1) is 12.8. The van der Waals surface area contributed by atoms with Crippen molar-refractivity contribution < 1.29 is 8.42 Å². The Kier molecular flexibility index (Phi) is 4.25. The van der Waals surface area contributed by atoms with E-state index in [9.17, 15) is 13.2 Å². The summed E-state index contributed by atoms with van der Waals surface area (Å²) in [5.74, 6) is 0. The minimum absolute atomic E-state index is 0.0350. The SMILES string of the molecule is Cc1nn(C)c(Cl)c1S(=O)(=O)N1CC=C(n2c(=O)[nH]c3ccccc32)CC1. The normalized spacial score (nSPS) is 16.0. The summed E-state index contributed by atoms with van der Waals surface area (Å²) in [5, 5.41) is 4.18. The Hall–Kier alpha value is -2.36. The van der Waals surface area contributed by atoms with Crippen LogP contribution in [0, 0.1) is 6.92 Å². The lowest BCUT2D eigenvalue weighted by atomic mass is 10.2. The second kappa shape index (κ2) is 6.36. The Morgan fingerprint density at radius 2 is 2.00 bits per heavy atom. The minimum atomic E-state index is -3.77. The zero-order valence-electron chi connectivity index (χ0n) is 14.8. The van der Waals surface area contributed by atoms with Crippen molar-refractivity contribution in [2.75, 3.05) is 13.1 Å². The number of imidazole rings is 1. The number of hydrogen-bond acceptors (Lipinski definition) is 4. The molecule has 0 aliphatic carbocycles. The standard InChI is InChI=1S/C17H18ClN5O3S/c1-11-15(16(18)21(2)20-11)27(25,26)22-9-7-12(8-10-22)23-14-6-4-3-5-13(14)19-17(23)24/h3-7H,8-10H2,1-2H3,(H,19,24). The maximum absolute atomic E-state index is 13.0. The molecule has 0 radical (unpaired) electrons. The van der Waals surface area contributed by atoms with Gasteiger partial charge in [-0.3, -0.25) is 9.25 Å². The topological polar surface area (TPSA) is 93.0 Å². The van der Waals surface area contributed by atoms with Gasteiger partial charge in [0.1, 0.15) is 10.0 Å². The molecule has 0 bridgehead atoms. The van der Waals surface area contributed by atoms with Crippen molar-refractivity contribution in [3.63, 3.8) is 0 Å². The van der Waals surface area contributed by atoms with Gasteiger partial charge in [-0.2, -0.15) is 9.40 Å². The minimum Gasteiger partial charge on any atom is -0.305 e. The van der Waals surface area contributed by atoms with E-state index in [4.69, 9.17) is 11.6 Å². The number of hydrogen-bond donors (Lipinski definition) is 1. The van der Waals surface area contributed by atoms with E-state index < -0.39 is 10.0 Å². The van der Waals surface area contributed by atoms with Crippen LogP contribution in [0.2, 0.25) is 5.15 Å². The lowest BCUT2D eigenvalue weighted by Gasteiger charge is -2.26. The summed E-state index contributed by atoms with van der Waals surface area (Å²) in [4.78, 5) is 15.2. The highest BCUT2D eigenvalue weighted by Gasteiger charge is 2.32. The Morgan fingerprint density at radius 1 is 1.26 bits per heavy atom. The van der Waals surface area contributed by atoms with Gasteiger partial charge in [0.25, 0.3) is 0 Å². The number of aryl methyl sites for hydroxylation is 2. The van der Waals surface area contributed by atoms with Crippen LogP contribution in [-0.4, -0.2) is 45.1 Å². The first-order valence-electron chi connectivity index (χ1n) is 8.39. The van der Waals surface area contributed by atoms with Crippen LogP contribution in [0.3, 0.4) is 0 Å². The number of para-hydroxylation sites is 2. The average molecular weight is 408 g/mol. The van der Waals surface area contributed by atoms with E-state index in [0.29, 0.717) is 12.1 Å². The van der Waals surface area contributed by atoms with Crippen molar-refractivity contribution in [3.05, 3.63) is 51.7 Å². The third-order valence-electron chi connectivity index (χ3n) is 4.72. The summed E-state index contributed by atoms with van der Waals surface area (Å²) >= 11 is 6.14. The number of halogens is 1. The predicted octanol–water partition coefficient (Wildman–Crippen LogP) is 1.96. The molecule has 0 saturated heterocycles. The van der Waals surface area contributed by atoms with E-state index in [2.05, 4.69) is 10.1 Å². The summed E-state index contributed by atoms with van der Waals surface area (Å²) in [6, 6.07) is 7.40. The van der Waals surface area contributed by atoms with Crippen LogP contribution >= 0.6 is 11.6 Å². The maximum atomic E-state index is 13.0. The van der Waals surface area contributed by atoms with Crippen molar-refractivity contribution in [2.24, 2.45) is 7.05 Å². The Labute approximate surface area is 160 Å². The lowest BCUT2D eigenvalue weighted by Crippen LogP contribution is -2.36. The molecule has 0 saturated carbocycles. The van der Waals surface area contributed by atoms with Crippen molar-refractivity contribution in [1.82, 2.24) is 23.6 Å². The highest BCUT2D eigenvalue weighted by Crippen LogP contribution is 2.29. The summed E-state index contributed by atoms with van der Waals surface area (Å²) in [6.45, 7) is 2.04. The van der Waals surface area contributed by atoms with Gasteiger partial charge in [0.05, 0.1) is 16.7 Å². The van der Waals surface area contributed by atoms with E-state index in [1.807, 2.05) is 24.3 Å². The zero-order valence-corrected chi connectivity index (χ0v) is 16.4. The summed E-state index contributed by atoms with van der Waals surface area (Å²) < 4.78 is 30.3. The molecular weight excluding hydrogens is 390 g/mol. The second-order valence-corrected chi connectivity index (χ2v) is 8.65. The van der Waals surface area contributed by atoms with Gasteiger partial charge in [-0.25, -0.2) is 13.2 Å². The lowest BCUT2D eigenvalue weighted by molar-refractivity contribution is 0.437. The molecule has 27 heavy (non-hydrogen) atoms. The molecule has 3 heterocycles. The highest BCUT2D eigenvalue weighted by molar-refractivity contribution is 7.89. The van der Waals surface area contributed by atoms with Crippen LogP contribution in [0.5, 0.6) is 0 Å². The van der Waals surface area contributed by atoms with Crippen molar-refractivity contribution in [2.45, 2.75) is 18.2 Å². The first-order valence-corrected chi connectivity index (χ1v) is 10.2. The van der Waals surface area contributed by atoms with Crippen molar-refractivity contribution >= 4 is 38.4 Å². The molecule has 1 aliphatic heterocycles. The fraction of sp³-hybridized carbons (Fsp3) is 0.294. The fourth-order valence-electron chi connectivity index (χ4n) is 3.43. The fourth-order valence-corrected chi connectivity index (χ4v) is 5.52. The number of nitrogens with one attached hydrogen (secondary N) is 1. The maximum Gasteiger partial charge on any atom is 0.330 e. The molecule has 1 aromatic carbocycles. The van der Waals surface area contributed by atoms with Gasteiger partial charge >= 0.3 is 5.69 Å². The molecule has 1 N–H and O–H groups in total. The largest absolute Gasteiger partial charge is 0.330 e. The Morgan fingerprint density at radius 3 is 2.63 bits per heavy atom. The average Bonchev–Trinajstić information content (AvgIpc) is 3.10. The number of sulfonamides is 1. The number of rotatable bonds is 3. The Balaban J connectivity index is 1.69. The molecule has 10 heteroatoms. The van der Waals surface area contributed by atoms with Crippen LogP contribution in [0.4, 0.5) is 0 Å². The van der Waals surface area contributed by atoms with Gasteiger partial charge in [0.15, 0.2) is 0 Å². The number of fused-ring (bicyclic) bond motifs is 1. The van der Waals surface area contributed by atoms with Crippen LogP contribution in [0.15, 0.2) is 40.0 Å². The number of aromatic amines is 1. The molecule has 0 atom stereocenters. The van der Waals surface area contributed by atoms with E-state index in [0.717, 1.165) is 16.7 Å². The Bertz CT molecular complexity index is 1240. The van der Waals surface area contributed by atoms with E-state index >= 15 is 0 Å². The van der Waals surface area contributed by atoms with Gasteiger partial charge in [0, 0.05) is 32.3 Å². The summed E-state index contributed by atoms with van der Waals surface area (Å²) in [5.41, 5.74) is 2.43. The third-order valence-corrected chi connectivity index (χ3v) is 7.28. The molecule has 2 aromatic heterocycles. The number of benzene rings is 1. The molecule has 3 aromatic rings. The zero-order chi connectivity index (χ0) is 19.3. The third kappa shape index (κ3) is 2.82. The van der Waals surface area contributed by atoms with Crippen LogP contribution < -0.4 is 5.69 Å². The van der Waals surface area contributed by atoms with Gasteiger partial charge < -0.3 is 4.98 Å². The van der Waals surface area contributed by atoms with Gasteiger partial charge in [0.2, 0.25) is 10.0 Å². The smallest absolute Gasteiger partial charge is 0.305 e. The van der Waals surface area contributed by atoms with Gasteiger partial charge in [-0.15, -0.1) is 0 Å². The monoisotopic (exact) mass is 407 g/mol. The van der Waals surface area contributed by atoms with Gasteiger partial charge in [-0.05, 0) is 25.1 Å². The molecule has 1 aliphatic rings. The van der Waals surface area contributed by atoms with Crippen molar-refractivity contribution in [3.8, 4) is 0 Å². The molecule has 8 nitrogen and oxygen atoms in total. The quantitative estimate of drug-likeness (QED) is 0.718. The molecule has 0 spiro atoms. The molecule has 0 amide bonds. The van der Waals surface area contributed by atoms with Crippen molar-refractivity contribution in [1.29, 1.82) is 0 Å². The second-order valence-electron chi connectivity index (χ2n) is 6.42. The van der Waals surface area contributed by atoms with Crippen LogP contribution in [-0.2, 0) is 17.1 Å². The highest BCUT2D eigenvalue weighted by atomic mass is 35.5. The van der Waals surface area contributed by atoms with E-state index in [-0.39, 0.29) is 28.8 Å². The molecule has 0 unspecified atom stereocenters. The van der Waals surface area contributed by atoms with E-state index in [1.165, 1.54) is 8.99 Å². The number of nitrogens with zero attached hydrogens (tertiary/aromatic N) is 4. The van der Waals surface area contributed by atoms with Crippen LogP contribution in [0.1, 0.15) is 12.1 Å². The first kappa shape index (κ1) is 18.0.